The first-order valence-electron chi connectivity index (χ1n) is 6.91. The summed E-state index contributed by atoms with van der Waals surface area (Å²) in [4.78, 5) is 30.2. The maximum atomic E-state index is 13.1. The molecule has 112 valence electrons. The van der Waals surface area contributed by atoms with Crippen molar-refractivity contribution in [3.63, 3.8) is 0 Å². The van der Waals surface area contributed by atoms with Crippen LogP contribution in [-0.4, -0.2) is 34.8 Å². The number of amides is 2. The van der Waals surface area contributed by atoms with Crippen LogP contribution in [0.4, 0.5) is 4.39 Å². The van der Waals surface area contributed by atoms with E-state index in [0.717, 1.165) is 0 Å². The lowest BCUT2D eigenvalue weighted by atomic mass is 10.0. The van der Waals surface area contributed by atoms with Crippen molar-refractivity contribution in [1.82, 2.24) is 15.2 Å². The van der Waals surface area contributed by atoms with Crippen LogP contribution < -0.4 is 5.32 Å². The van der Waals surface area contributed by atoms with Crippen molar-refractivity contribution >= 4 is 11.8 Å². The summed E-state index contributed by atoms with van der Waals surface area (Å²) in [5, 5.41) is 2.74. The first-order chi connectivity index (χ1) is 10.7. The number of aromatic nitrogens is 1. The van der Waals surface area contributed by atoms with Crippen LogP contribution in [0.25, 0.3) is 0 Å². The minimum Gasteiger partial charge on any atom is -0.352 e. The molecule has 6 heteroatoms. The number of rotatable bonds is 2. The SMILES string of the molecule is O=C1NCCN(C(=O)c2ccncc2)C1c1ccc(F)cc1. The molecule has 1 N–H and O–H groups in total. The molecule has 0 bridgehead atoms. The lowest BCUT2D eigenvalue weighted by Gasteiger charge is -2.35. The van der Waals surface area contributed by atoms with Gasteiger partial charge >= 0.3 is 0 Å². The van der Waals surface area contributed by atoms with E-state index in [9.17, 15) is 14.0 Å². The molecule has 1 aromatic heterocycles. The van der Waals surface area contributed by atoms with E-state index in [1.807, 2.05) is 0 Å². The number of hydrogen-bond acceptors (Lipinski definition) is 3. The molecule has 1 aliphatic heterocycles. The molecule has 0 saturated carbocycles. The van der Waals surface area contributed by atoms with Gasteiger partial charge in [0, 0.05) is 31.0 Å². The first kappa shape index (κ1) is 14.2. The lowest BCUT2D eigenvalue weighted by Crippen LogP contribution is -2.52. The number of pyridine rings is 1. The van der Waals surface area contributed by atoms with E-state index in [0.29, 0.717) is 24.2 Å². The largest absolute Gasteiger partial charge is 0.352 e. The monoisotopic (exact) mass is 299 g/mol. The molecule has 1 unspecified atom stereocenters. The van der Waals surface area contributed by atoms with Gasteiger partial charge < -0.3 is 10.2 Å². The third kappa shape index (κ3) is 2.67. The van der Waals surface area contributed by atoms with Crippen LogP contribution >= 0.6 is 0 Å². The van der Waals surface area contributed by atoms with Crippen molar-refractivity contribution < 1.29 is 14.0 Å². The predicted octanol–water partition coefficient (Wildman–Crippen LogP) is 1.53. The highest BCUT2D eigenvalue weighted by Crippen LogP contribution is 2.25. The van der Waals surface area contributed by atoms with Gasteiger partial charge in [0.25, 0.3) is 5.91 Å². The van der Waals surface area contributed by atoms with Crippen LogP contribution in [0.15, 0.2) is 48.8 Å². The Hall–Kier alpha value is -2.76. The van der Waals surface area contributed by atoms with Gasteiger partial charge in [0.05, 0.1) is 0 Å². The number of halogens is 1. The smallest absolute Gasteiger partial charge is 0.254 e. The Morgan fingerprint density at radius 1 is 1.18 bits per heavy atom. The van der Waals surface area contributed by atoms with Crippen molar-refractivity contribution in [1.29, 1.82) is 0 Å². The van der Waals surface area contributed by atoms with Gasteiger partial charge in [-0.1, -0.05) is 12.1 Å². The van der Waals surface area contributed by atoms with Gasteiger partial charge in [-0.05, 0) is 29.8 Å². The van der Waals surface area contributed by atoms with E-state index >= 15 is 0 Å². The van der Waals surface area contributed by atoms with Gasteiger partial charge in [-0.3, -0.25) is 14.6 Å². The highest BCUT2D eigenvalue weighted by atomic mass is 19.1. The second-order valence-electron chi connectivity index (χ2n) is 4.98. The van der Waals surface area contributed by atoms with E-state index < -0.39 is 6.04 Å². The zero-order valence-electron chi connectivity index (χ0n) is 11.7. The van der Waals surface area contributed by atoms with Crippen LogP contribution in [0.2, 0.25) is 0 Å². The quantitative estimate of drug-likeness (QED) is 0.915. The van der Waals surface area contributed by atoms with Crippen LogP contribution in [0.3, 0.4) is 0 Å². The Labute approximate surface area is 126 Å². The highest BCUT2D eigenvalue weighted by molar-refractivity contribution is 5.98. The number of nitrogens with one attached hydrogen (secondary N) is 1. The van der Waals surface area contributed by atoms with Crippen LogP contribution in [-0.2, 0) is 4.79 Å². The minimum atomic E-state index is -0.755. The maximum Gasteiger partial charge on any atom is 0.254 e. The summed E-state index contributed by atoms with van der Waals surface area (Å²) in [7, 11) is 0. The summed E-state index contributed by atoms with van der Waals surface area (Å²) >= 11 is 0. The lowest BCUT2D eigenvalue weighted by molar-refractivity contribution is -0.128. The molecule has 2 heterocycles. The zero-order chi connectivity index (χ0) is 15.5. The van der Waals surface area contributed by atoms with E-state index in [2.05, 4.69) is 10.3 Å². The van der Waals surface area contributed by atoms with Crippen molar-refractivity contribution in [3.8, 4) is 0 Å². The molecule has 0 spiro atoms. The van der Waals surface area contributed by atoms with Gasteiger partial charge in [-0.15, -0.1) is 0 Å². The first-order valence-corrected chi connectivity index (χ1v) is 6.91. The molecule has 1 saturated heterocycles. The van der Waals surface area contributed by atoms with E-state index in [-0.39, 0.29) is 17.6 Å². The molecular weight excluding hydrogens is 285 g/mol. The van der Waals surface area contributed by atoms with Crippen molar-refractivity contribution in [2.45, 2.75) is 6.04 Å². The molecule has 1 atom stereocenters. The van der Waals surface area contributed by atoms with Crippen LogP contribution in [0.1, 0.15) is 22.0 Å². The predicted molar refractivity (Wildman–Crippen MR) is 77.4 cm³/mol. The van der Waals surface area contributed by atoms with Crippen molar-refractivity contribution in [2.24, 2.45) is 0 Å². The van der Waals surface area contributed by atoms with Gasteiger partial charge in [0.15, 0.2) is 0 Å². The zero-order valence-corrected chi connectivity index (χ0v) is 11.7. The molecule has 0 aliphatic carbocycles. The summed E-state index contributed by atoms with van der Waals surface area (Å²) in [6.07, 6.45) is 3.06. The van der Waals surface area contributed by atoms with E-state index in [1.54, 1.807) is 12.1 Å². The van der Waals surface area contributed by atoms with Crippen LogP contribution in [0, 0.1) is 5.82 Å². The summed E-state index contributed by atoms with van der Waals surface area (Å²) < 4.78 is 13.1. The molecule has 2 amide bonds. The molecule has 22 heavy (non-hydrogen) atoms. The fraction of sp³-hybridized carbons (Fsp3) is 0.188. The van der Waals surface area contributed by atoms with E-state index in [1.165, 1.54) is 41.6 Å². The third-order valence-corrected chi connectivity index (χ3v) is 3.59. The maximum absolute atomic E-state index is 13.1. The topological polar surface area (TPSA) is 62.3 Å². The number of piperazine rings is 1. The molecule has 5 nitrogen and oxygen atoms in total. The molecule has 1 aliphatic rings. The van der Waals surface area contributed by atoms with Crippen molar-refractivity contribution in [3.05, 3.63) is 65.7 Å². The van der Waals surface area contributed by atoms with Crippen molar-refractivity contribution in [2.75, 3.05) is 13.1 Å². The second-order valence-corrected chi connectivity index (χ2v) is 4.98. The van der Waals surface area contributed by atoms with E-state index in [4.69, 9.17) is 0 Å². The Kier molecular flexibility index (Phi) is 3.82. The Balaban J connectivity index is 1.95. The average Bonchev–Trinajstić information content (AvgIpc) is 2.56. The van der Waals surface area contributed by atoms with Gasteiger partial charge in [-0.25, -0.2) is 4.39 Å². The van der Waals surface area contributed by atoms with Gasteiger partial charge in [-0.2, -0.15) is 0 Å². The molecule has 2 aromatic rings. The second kappa shape index (κ2) is 5.93. The summed E-state index contributed by atoms with van der Waals surface area (Å²) in [5.74, 6) is -0.890. The van der Waals surface area contributed by atoms with Gasteiger partial charge in [0.2, 0.25) is 5.91 Å². The highest BCUT2D eigenvalue weighted by Gasteiger charge is 2.34. The number of benzene rings is 1. The standard InChI is InChI=1S/C16H14FN3O2/c17-13-3-1-11(2-4-13)14-15(21)19-9-10-20(14)16(22)12-5-7-18-8-6-12/h1-8,14H,9-10H2,(H,19,21). The third-order valence-electron chi connectivity index (χ3n) is 3.59. The summed E-state index contributed by atoms with van der Waals surface area (Å²) in [6.45, 7) is 0.794. The molecule has 0 radical (unpaired) electrons. The average molecular weight is 299 g/mol. The molecule has 1 fully saturated rings. The normalized spacial score (nSPS) is 18.0. The Morgan fingerprint density at radius 3 is 2.55 bits per heavy atom. The Morgan fingerprint density at radius 2 is 1.86 bits per heavy atom. The summed E-state index contributed by atoms with van der Waals surface area (Å²) in [5.41, 5.74) is 1.05. The number of hydrogen-bond donors (Lipinski definition) is 1. The fourth-order valence-electron chi connectivity index (χ4n) is 2.52. The number of carbonyl (C=O) groups is 2. The van der Waals surface area contributed by atoms with Gasteiger partial charge in [0.1, 0.15) is 11.9 Å². The number of nitrogens with zero attached hydrogens (tertiary/aromatic N) is 2. The number of carbonyl (C=O) groups excluding carboxylic acids is 2. The minimum absolute atomic E-state index is 0.244. The summed E-state index contributed by atoms with van der Waals surface area (Å²) in [6, 6.07) is 8.08. The van der Waals surface area contributed by atoms with Crippen LogP contribution in [0.5, 0.6) is 0 Å². The molecule has 3 rings (SSSR count). The molecule has 1 aromatic carbocycles. The molecular formula is C16H14FN3O2. The fourth-order valence-corrected chi connectivity index (χ4v) is 2.52. The Bertz CT molecular complexity index is 688.